The van der Waals surface area contributed by atoms with Crippen LogP contribution in [0.4, 0.5) is 4.39 Å². The van der Waals surface area contributed by atoms with Crippen molar-refractivity contribution in [1.82, 2.24) is 10.2 Å². The van der Waals surface area contributed by atoms with E-state index in [0.717, 1.165) is 38.2 Å². The highest BCUT2D eigenvalue weighted by molar-refractivity contribution is 5.76. The Labute approximate surface area is 113 Å². The van der Waals surface area contributed by atoms with Crippen molar-refractivity contribution in [2.75, 3.05) is 26.2 Å². The highest BCUT2D eigenvalue weighted by Crippen LogP contribution is 2.21. The fraction of sp³-hybridized carbons (Fsp3) is 0.533. The zero-order valence-electron chi connectivity index (χ0n) is 11.4. The van der Waals surface area contributed by atoms with Crippen molar-refractivity contribution in [1.29, 1.82) is 0 Å². The van der Waals surface area contributed by atoms with Gasteiger partial charge in [-0.1, -0.05) is 19.1 Å². The van der Waals surface area contributed by atoms with Crippen LogP contribution in [0.5, 0.6) is 0 Å². The molecule has 0 spiro atoms. The summed E-state index contributed by atoms with van der Waals surface area (Å²) in [7, 11) is 0. The van der Waals surface area contributed by atoms with Gasteiger partial charge < -0.3 is 10.2 Å². The molecule has 1 heterocycles. The molecule has 0 aromatic heterocycles. The molecule has 1 aromatic rings. The quantitative estimate of drug-likeness (QED) is 0.903. The summed E-state index contributed by atoms with van der Waals surface area (Å²) >= 11 is 0. The molecule has 2 rings (SSSR count). The number of carbonyl (C=O) groups is 1. The normalized spacial score (nSPS) is 17.3. The third-order valence-corrected chi connectivity index (χ3v) is 3.70. The predicted octanol–water partition coefficient (Wildman–Crippen LogP) is 2.14. The number of carbonyl (C=O) groups excluding carboxylic acids is 1. The number of benzene rings is 1. The second-order valence-corrected chi connectivity index (χ2v) is 5.12. The minimum absolute atomic E-state index is 0.215. The van der Waals surface area contributed by atoms with Crippen LogP contribution in [0.3, 0.4) is 0 Å². The maximum absolute atomic E-state index is 12.8. The Hall–Kier alpha value is -1.42. The van der Waals surface area contributed by atoms with Gasteiger partial charge >= 0.3 is 0 Å². The molecule has 0 aliphatic carbocycles. The van der Waals surface area contributed by atoms with E-state index >= 15 is 0 Å². The van der Waals surface area contributed by atoms with Gasteiger partial charge in [0.05, 0.1) is 0 Å². The molecule has 1 fully saturated rings. The number of halogens is 1. The maximum atomic E-state index is 12.8. The summed E-state index contributed by atoms with van der Waals surface area (Å²) in [5, 5.41) is 3.24. The van der Waals surface area contributed by atoms with Crippen LogP contribution < -0.4 is 5.32 Å². The van der Waals surface area contributed by atoms with Crippen LogP contribution in [0.15, 0.2) is 24.3 Å². The van der Waals surface area contributed by atoms with Gasteiger partial charge in [0, 0.05) is 32.6 Å². The first kappa shape index (κ1) is 14.0. The van der Waals surface area contributed by atoms with Crippen molar-refractivity contribution in [3.63, 3.8) is 0 Å². The van der Waals surface area contributed by atoms with E-state index in [9.17, 15) is 9.18 Å². The molecule has 0 saturated carbocycles. The smallest absolute Gasteiger partial charge is 0.222 e. The SMILES string of the molecule is CC(CCC(=O)N1CCNCC1)c1ccc(F)cc1. The number of nitrogens with zero attached hydrogens (tertiary/aromatic N) is 1. The number of amides is 1. The summed E-state index contributed by atoms with van der Waals surface area (Å²) in [5.41, 5.74) is 1.09. The van der Waals surface area contributed by atoms with Crippen LogP contribution in [0.1, 0.15) is 31.2 Å². The second kappa shape index (κ2) is 6.66. The van der Waals surface area contributed by atoms with Crippen molar-refractivity contribution in [2.45, 2.75) is 25.7 Å². The molecule has 1 N–H and O–H groups in total. The van der Waals surface area contributed by atoms with Gasteiger partial charge in [0.15, 0.2) is 0 Å². The molecule has 19 heavy (non-hydrogen) atoms. The number of nitrogens with one attached hydrogen (secondary N) is 1. The first-order chi connectivity index (χ1) is 9.16. The highest BCUT2D eigenvalue weighted by atomic mass is 19.1. The Kier molecular flexibility index (Phi) is 4.91. The Bertz CT molecular complexity index is 413. The molecule has 104 valence electrons. The van der Waals surface area contributed by atoms with Crippen molar-refractivity contribution >= 4 is 5.91 Å². The lowest BCUT2D eigenvalue weighted by atomic mass is 9.96. The van der Waals surface area contributed by atoms with Gasteiger partial charge in [-0.2, -0.15) is 0 Å². The van der Waals surface area contributed by atoms with E-state index in [1.807, 2.05) is 4.90 Å². The van der Waals surface area contributed by atoms with Gasteiger partial charge in [0.25, 0.3) is 0 Å². The molecule has 1 aromatic carbocycles. The molecule has 1 aliphatic rings. The van der Waals surface area contributed by atoms with Crippen LogP contribution in [-0.2, 0) is 4.79 Å². The lowest BCUT2D eigenvalue weighted by Crippen LogP contribution is -2.46. The summed E-state index contributed by atoms with van der Waals surface area (Å²) in [6.45, 7) is 5.48. The molecule has 1 aliphatic heterocycles. The lowest BCUT2D eigenvalue weighted by Gasteiger charge is -2.27. The fourth-order valence-electron chi connectivity index (χ4n) is 2.37. The second-order valence-electron chi connectivity index (χ2n) is 5.12. The predicted molar refractivity (Wildman–Crippen MR) is 73.5 cm³/mol. The third-order valence-electron chi connectivity index (χ3n) is 3.70. The van der Waals surface area contributed by atoms with Gasteiger partial charge in [0.1, 0.15) is 5.82 Å². The number of hydrogen-bond acceptors (Lipinski definition) is 2. The minimum atomic E-state index is -0.215. The first-order valence-electron chi connectivity index (χ1n) is 6.91. The van der Waals surface area contributed by atoms with Crippen molar-refractivity contribution in [3.05, 3.63) is 35.6 Å². The van der Waals surface area contributed by atoms with Crippen LogP contribution in [0.25, 0.3) is 0 Å². The zero-order chi connectivity index (χ0) is 13.7. The molecule has 4 heteroatoms. The molecule has 1 saturated heterocycles. The average Bonchev–Trinajstić information content (AvgIpc) is 2.46. The summed E-state index contributed by atoms with van der Waals surface area (Å²) in [4.78, 5) is 14.0. The van der Waals surface area contributed by atoms with E-state index < -0.39 is 0 Å². The van der Waals surface area contributed by atoms with Gasteiger partial charge in [-0.3, -0.25) is 4.79 Å². The van der Waals surface area contributed by atoms with Crippen LogP contribution in [0, 0.1) is 5.82 Å². The maximum Gasteiger partial charge on any atom is 0.222 e. The van der Waals surface area contributed by atoms with E-state index in [1.54, 1.807) is 12.1 Å². The van der Waals surface area contributed by atoms with Gasteiger partial charge in [-0.05, 0) is 30.0 Å². The third kappa shape index (κ3) is 4.03. The highest BCUT2D eigenvalue weighted by Gasteiger charge is 2.17. The van der Waals surface area contributed by atoms with Crippen LogP contribution in [0.2, 0.25) is 0 Å². The van der Waals surface area contributed by atoms with Crippen molar-refractivity contribution in [2.24, 2.45) is 0 Å². The minimum Gasteiger partial charge on any atom is -0.340 e. The van der Waals surface area contributed by atoms with Crippen molar-refractivity contribution < 1.29 is 9.18 Å². The molecule has 1 atom stereocenters. The van der Waals surface area contributed by atoms with Crippen LogP contribution >= 0.6 is 0 Å². The zero-order valence-corrected chi connectivity index (χ0v) is 11.4. The van der Waals surface area contributed by atoms with E-state index in [1.165, 1.54) is 12.1 Å². The van der Waals surface area contributed by atoms with Gasteiger partial charge in [0.2, 0.25) is 5.91 Å². The van der Waals surface area contributed by atoms with Crippen molar-refractivity contribution in [3.8, 4) is 0 Å². The molecule has 0 bridgehead atoms. The fourth-order valence-corrected chi connectivity index (χ4v) is 2.37. The Morgan fingerprint density at radius 3 is 2.58 bits per heavy atom. The van der Waals surface area contributed by atoms with Crippen LogP contribution in [-0.4, -0.2) is 37.0 Å². The molecule has 1 unspecified atom stereocenters. The molecule has 0 radical (unpaired) electrons. The summed E-state index contributed by atoms with van der Waals surface area (Å²) in [6.07, 6.45) is 1.38. The summed E-state index contributed by atoms with van der Waals surface area (Å²) < 4.78 is 12.8. The Morgan fingerprint density at radius 1 is 1.32 bits per heavy atom. The van der Waals surface area contributed by atoms with E-state index in [2.05, 4.69) is 12.2 Å². The van der Waals surface area contributed by atoms with E-state index in [4.69, 9.17) is 0 Å². The monoisotopic (exact) mass is 264 g/mol. The largest absolute Gasteiger partial charge is 0.340 e. The molecular formula is C15H21FN2O. The number of hydrogen-bond donors (Lipinski definition) is 1. The van der Waals surface area contributed by atoms with Gasteiger partial charge in [-0.15, -0.1) is 0 Å². The number of piperazine rings is 1. The standard InChI is InChI=1S/C15H21FN2O/c1-12(13-3-5-14(16)6-4-13)2-7-15(19)18-10-8-17-9-11-18/h3-6,12,17H,2,7-11H2,1H3. The summed E-state index contributed by atoms with van der Waals surface area (Å²) in [5.74, 6) is 0.302. The average molecular weight is 264 g/mol. The Morgan fingerprint density at radius 2 is 1.95 bits per heavy atom. The van der Waals surface area contributed by atoms with E-state index in [0.29, 0.717) is 6.42 Å². The topological polar surface area (TPSA) is 32.3 Å². The van der Waals surface area contributed by atoms with E-state index in [-0.39, 0.29) is 17.6 Å². The molecular weight excluding hydrogens is 243 g/mol. The Balaban J connectivity index is 1.80. The first-order valence-corrected chi connectivity index (χ1v) is 6.91. The van der Waals surface area contributed by atoms with Gasteiger partial charge in [-0.25, -0.2) is 4.39 Å². The molecule has 1 amide bonds. The number of rotatable bonds is 4. The lowest BCUT2D eigenvalue weighted by molar-refractivity contribution is -0.131. The summed E-state index contributed by atoms with van der Waals surface area (Å²) in [6, 6.07) is 6.55. The molecule has 3 nitrogen and oxygen atoms in total.